The van der Waals surface area contributed by atoms with Crippen molar-refractivity contribution in [2.45, 2.75) is 19.9 Å². The van der Waals surface area contributed by atoms with Crippen LogP contribution in [-0.4, -0.2) is 24.1 Å². The number of carbonyl (C=O) groups is 1. The molecule has 0 spiro atoms. The Balaban J connectivity index is 2.71. The van der Waals surface area contributed by atoms with Gasteiger partial charge in [-0.1, -0.05) is 25.2 Å². The molecule has 0 aliphatic carbocycles. The summed E-state index contributed by atoms with van der Waals surface area (Å²) in [5.41, 5.74) is 5.54. The highest BCUT2D eigenvalue weighted by Crippen LogP contribution is 2.22. The Hall–Kier alpha value is -1.30. The lowest BCUT2D eigenvalue weighted by molar-refractivity contribution is -0.142. The molecular weight excluding hydrogens is 214 g/mol. The summed E-state index contributed by atoms with van der Waals surface area (Å²) in [6.45, 7) is 3.87. The van der Waals surface area contributed by atoms with Gasteiger partial charge in [-0.3, -0.25) is 0 Å². The Labute approximate surface area is 92.6 Å². The van der Waals surface area contributed by atoms with E-state index in [0.29, 0.717) is 10.1 Å². The van der Waals surface area contributed by atoms with Crippen molar-refractivity contribution < 1.29 is 9.53 Å². The number of esters is 1. The Bertz CT molecular complexity index is 338. The second-order valence-electron chi connectivity index (χ2n) is 3.46. The molecule has 1 aromatic rings. The van der Waals surface area contributed by atoms with E-state index in [0.717, 1.165) is 0 Å². The van der Waals surface area contributed by atoms with Gasteiger partial charge in [0.2, 0.25) is 0 Å². The third-order valence-corrected chi connectivity index (χ3v) is 2.68. The molecule has 3 N–H and O–H groups in total. The van der Waals surface area contributed by atoms with Gasteiger partial charge in [0.25, 0.3) is 0 Å². The van der Waals surface area contributed by atoms with E-state index in [-0.39, 0.29) is 17.9 Å². The maximum Gasteiger partial charge on any atom is 0.328 e. The van der Waals surface area contributed by atoms with Crippen molar-refractivity contribution in [3.8, 4) is 0 Å². The minimum Gasteiger partial charge on any atom is -0.467 e. The number of nitrogens with zero attached hydrogens (tertiary/aromatic N) is 1. The molecule has 0 aliphatic heterocycles. The maximum absolute atomic E-state index is 11.4. The molecule has 1 rings (SSSR count). The van der Waals surface area contributed by atoms with Gasteiger partial charge >= 0.3 is 5.97 Å². The first kappa shape index (κ1) is 11.8. The van der Waals surface area contributed by atoms with Crippen LogP contribution in [0.25, 0.3) is 0 Å². The molecule has 0 radical (unpaired) electrons. The second kappa shape index (κ2) is 4.97. The van der Waals surface area contributed by atoms with Gasteiger partial charge in [0, 0.05) is 0 Å². The average molecular weight is 229 g/mol. The van der Waals surface area contributed by atoms with E-state index in [4.69, 9.17) is 10.5 Å². The van der Waals surface area contributed by atoms with Gasteiger partial charge in [-0.25, -0.2) is 9.78 Å². The van der Waals surface area contributed by atoms with Crippen LogP contribution in [0.3, 0.4) is 0 Å². The summed E-state index contributed by atoms with van der Waals surface area (Å²) in [7, 11) is 1.37. The monoisotopic (exact) mass is 229 g/mol. The fraction of sp³-hybridized carbons (Fsp3) is 0.556. The lowest BCUT2D eigenvalue weighted by Gasteiger charge is -2.18. The molecule has 1 atom stereocenters. The predicted molar refractivity (Wildman–Crippen MR) is 60.8 cm³/mol. The van der Waals surface area contributed by atoms with E-state index < -0.39 is 0 Å². The molecule has 0 saturated carbocycles. The van der Waals surface area contributed by atoms with Crippen LogP contribution in [0.4, 0.5) is 10.1 Å². The average Bonchev–Trinajstić information content (AvgIpc) is 2.59. The van der Waals surface area contributed by atoms with E-state index in [1.54, 1.807) is 6.20 Å². The topological polar surface area (TPSA) is 77.2 Å². The number of anilines is 2. The molecule has 15 heavy (non-hydrogen) atoms. The van der Waals surface area contributed by atoms with Gasteiger partial charge in [0.15, 0.2) is 5.13 Å². The van der Waals surface area contributed by atoms with Crippen LogP contribution < -0.4 is 11.1 Å². The lowest BCUT2D eigenvalue weighted by Crippen LogP contribution is -2.35. The molecule has 0 amide bonds. The number of hydrogen-bond donors (Lipinski definition) is 2. The second-order valence-corrected chi connectivity index (χ2v) is 4.52. The Kier molecular flexibility index (Phi) is 3.90. The minimum absolute atomic E-state index is 0.127. The van der Waals surface area contributed by atoms with Gasteiger partial charge < -0.3 is 15.8 Å². The van der Waals surface area contributed by atoms with E-state index in [9.17, 15) is 4.79 Å². The number of methoxy groups -OCH3 is 1. The molecular formula is C9H15N3O2S. The standard InChI is InChI=1S/C9H15N3O2S/c1-5(2)7(8(13)14-3)12-9-11-4-6(10)15-9/h4-5,7H,10H2,1-3H3,(H,11,12). The number of nitrogens with one attached hydrogen (secondary N) is 1. The number of ether oxygens (including phenoxy) is 1. The zero-order valence-corrected chi connectivity index (χ0v) is 9.80. The highest BCUT2D eigenvalue weighted by atomic mass is 32.1. The number of aromatic nitrogens is 1. The van der Waals surface area contributed by atoms with E-state index in [1.165, 1.54) is 18.4 Å². The summed E-state index contributed by atoms with van der Waals surface area (Å²) in [6, 6.07) is -0.388. The molecule has 0 aliphatic rings. The van der Waals surface area contributed by atoms with E-state index in [2.05, 4.69) is 10.3 Å². The minimum atomic E-state index is -0.388. The molecule has 0 aromatic carbocycles. The fourth-order valence-corrected chi connectivity index (χ4v) is 1.73. The molecule has 5 nitrogen and oxygen atoms in total. The normalized spacial score (nSPS) is 12.5. The number of nitrogen functional groups attached to an aromatic ring is 1. The van der Waals surface area contributed by atoms with Crippen LogP contribution >= 0.6 is 11.3 Å². The number of hydrogen-bond acceptors (Lipinski definition) is 6. The summed E-state index contributed by atoms with van der Waals surface area (Å²) in [5, 5.41) is 4.25. The molecule has 0 fully saturated rings. The Morgan fingerprint density at radius 1 is 1.67 bits per heavy atom. The van der Waals surface area contributed by atoms with Crippen molar-refractivity contribution in [3.05, 3.63) is 6.20 Å². The van der Waals surface area contributed by atoms with Crippen LogP contribution in [0.2, 0.25) is 0 Å². The largest absolute Gasteiger partial charge is 0.467 e. The number of thiazole rings is 1. The van der Waals surface area contributed by atoms with Gasteiger partial charge in [-0.05, 0) is 5.92 Å². The van der Waals surface area contributed by atoms with Gasteiger partial charge in [-0.2, -0.15) is 0 Å². The van der Waals surface area contributed by atoms with E-state index >= 15 is 0 Å². The quantitative estimate of drug-likeness (QED) is 0.762. The first-order valence-electron chi connectivity index (χ1n) is 4.60. The SMILES string of the molecule is COC(=O)C(Nc1ncc(N)s1)C(C)C. The van der Waals surface area contributed by atoms with Gasteiger partial charge in [0.1, 0.15) is 11.0 Å². The summed E-state index contributed by atoms with van der Waals surface area (Å²) >= 11 is 1.31. The van der Waals surface area contributed by atoms with Crippen molar-refractivity contribution >= 4 is 27.4 Å². The van der Waals surface area contributed by atoms with Crippen molar-refractivity contribution in [1.82, 2.24) is 4.98 Å². The third-order valence-electron chi connectivity index (χ3n) is 1.92. The van der Waals surface area contributed by atoms with Crippen LogP contribution in [0.15, 0.2) is 6.20 Å². The smallest absolute Gasteiger partial charge is 0.328 e. The molecule has 1 unspecified atom stereocenters. The van der Waals surface area contributed by atoms with Crippen LogP contribution in [0.5, 0.6) is 0 Å². The number of rotatable bonds is 4. The molecule has 1 heterocycles. The maximum atomic E-state index is 11.4. The molecule has 6 heteroatoms. The Morgan fingerprint density at radius 2 is 2.33 bits per heavy atom. The first-order valence-corrected chi connectivity index (χ1v) is 5.42. The summed E-state index contributed by atoms with van der Waals surface area (Å²) in [4.78, 5) is 15.5. The van der Waals surface area contributed by atoms with Crippen molar-refractivity contribution in [2.75, 3.05) is 18.2 Å². The highest BCUT2D eigenvalue weighted by molar-refractivity contribution is 7.19. The van der Waals surface area contributed by atoms with Gasteiger partial charge in [0.05, 0.1) is 13.3 Å². The molecule has 1 aromatic heterocycles. The van der Waals surface area contributed by atoms with Crippen molar-refractivity contribution in [2.24, 2.45) is 5.92 Å². The van der Waals surface area contributed by atoms with Crippen LogP contribution in [0.1, 0.15) is 13.8 Å². The number of nitrogens with two attached hydrogens (primary N) is 1. The highest BCUT2D eigenvalue weighted by Gasteiger charge is 2.23. The molecule has 0 saturated heterocycles. The predicted octanol–water partition coefficient (Wildman–Crippen LogP) is 1.33. The van der Waals surface area contributed by atoms with Gasteiger partial charge in [-0.15, -0.1) is 0 Å². The summed E-state index contributed by atoms with van der Waals surface area (Å²) in [6.07, 6.45) is 1.56. The van der Waals surface area contributed by atoms with Crippen LogP contribution in [-0.2, 0) is 9.53 Å². The van der Waals surface area contributed by atoms with Crippen molar-refractivity contribution in [1.29, 1.82) is 0 Å². The lowest BCUT2D eigenvalue weighted by atomic mass is 10.1. The zero-order chi connectivity index (χ0) is 11.4. The van der Waals surface area contributed by atoms with Crippen molar-refractivity contribution in [3.63, 3.8) is 0 Å². The molecule has 0 bridgehead atoms. The first-order chi connectivity index (χ1) is 7.04. The van der Waals surface area contributed by atoms with E-state index in [1.807, 2.05) is 13.8 Å². The van der Waals surface area contributed by atoms with Crippen LogP contribution in [0, 0.1) is 5.92 Å². The fourth-order valence-electron chi connectivity index (χ4n) is 1.11. The molecule has 84 valence electrons. The third kappa shape index (κ3) is 3.09. The Morgan fingerprint density at radius 3 is 2.73 bits per heavy atom. The number of carbonyl (C=O) groups excluding carboxylic acids is 1. The zero-order valence-electron chi connectivity index (χ0n) is 8.98. The summed E-state index contributed by atoms with van der Waals surface area (Å²) < 4.78 is 4.70. The summed E-state index contributed by atoms with van der Waals surface area (Å²) in [5.74, 6) is -0.165.